The molecular weight excluding hydrogens is 352 g/mol. The molecule has 5 nitrogen and oxygen atoms in total. The van der Waals surface area contributed by atoms with E-state index in [1.165, 1.54) is 0 Å². The molecule has 0 aliphatic rings. The number of rotatable bonds is 6. The van der Waals surface area contributed by atoms with E-state index < -0.39 is 0 Å². The number of amides is 2. The van der Waals surface area contributed by atoms with Crippen LogP contribution in [0.4, 0.5) is 10.5 Å². The maximum Gasteiger partial charge on any atom is 0.321 e. The van der Waals surface area contributed by atoms with Crippen LogP contribution in [0.25, 0.3) is 0 Å². The highest BCUT2D eigenvalue weighted by molar-refractivity contribution is 6.32. The number of urea groups is 1. The van der Waals surface area contributed by atoms with Crippen LogP contribution < -0.4 is 10.1 Å². The summed E-state index contributed by atoms with van der Waals surface area (Å²) in [4.78, 5) is 13.9. The van der Waals surface area contributed by atoms with Crippen LogP contribution in [-0.2, 0) is 13.2 Å². The molecule has 0 aliphatic carbocycles. The second-order valence-electron chi connectivity index (χ2n) is 5.79. The van der Waals surface area contributed by atoms with Gasteiger partial charge in [0.2, 0.25) is 0 Å². The number of nitrogens with one attached hydrogen (secondary N) is 1. The van der Waals surface area contributed by atoms with Crippen molar-refractivity contribution in [2.75, 3.05) is 12.4 Å². The molecule has 6 heteroatoms. The van der Waals surface area contributed by atoms with Crippen molar-refractivity contribution < 1.29 is 13.9 Å². The first-order valence-corrected chi connectivity index (χ1v) is 8.50. The minimum atomic E-state index is -0.214. The van der Waals surface area contributed by atoms with Gasteiger partial charge in [-0.15, -0.1) is 0 Å². The minimum absolute atomic E-state index is 0.214. The molecule has 0 radical (unpaired) electrons. The van der Waals surface area contributed by atoms with Crippen molar-refractivity contribution in [3.8, 4) is 5.75 Å². The monoisotopic (exact) mass is 370 g/mol. The molecule has 0 bridgehead atoms. The van der Waals surface area contributed by atoms with Gasteiger partial charge in [-0.1, -0.05) is 41.9 Å². The van der Waals surface area contributed by atoms with E-state index in [1.807, 2.05) is 36.4 Å². The van der Waals surface area contributed by atoms with Gasteiger partial charge in [0.1, 0.15) is 18.1 Å². The topological polar surface area (TPSA) is 54.7 Å². The Hall–Kier alpha value is -2.92. The number of nitrogens with zero attached hydrogens (tertiary/aromatic N) is 1. The van der Waals surface area contributed by atoms with Crippen LogP contribution in [0, 0.1) is 0 Å². The summed E-state index contributed by atoms with van der Waals surface area (Å²) in [6.45, 7) is 0.809. The molecule has 26 heavy (non-hydrogen) atoms. The molecule has 1 aromatic heterocycles. The van der Waals surface area contributed by atoms with E-state index in [0.717, 1.165) is 5.56 Å². The van der Waals surface area contributed by atoms with Gasteiger partial charge in [0.25, 0.3) is 0 Å². The minimum Gasteiger partial charge on any atom is -0.484 e. The number of hydrogen-bond donors (Lipinski definition) is 1. The third-order valence-electron chi connectivity index (χ3n) is 3.74. The van der Waals surface area contributed by atoms with E-state index in [2.05, 4.69) is 5.32 Å². The Bertz CT molecular complexity index is 851. The fraction of sp³-hybridized carbons (Fsp3) is 0.150. The molecular formula is C20H19ClN2O3. The quantitative estimate of drug-likeness (QED) is 0.650. The van der Waals surface area contributed by atoms with Crippen LogP contribution >= 0.6 is 11.6 Å². The van der Waals surface area contributed by atoms with Crippen molar-refractivity contribution in [3.05, 3.63) is 83.3 Å². The Kier molecular flexibility index (Phi) is 5.81. The zero-order chi connectivity index (χ0) is 18.4. The maximum atomic E-state index is 12.3. The smallest absolute Gasteiger partial charge is 0.321 e. The van der Waals surface area contributed by atoms with Crippen LogP contribution in [0.1, 0.15) is 11.3 Å². The van der Waals surface area contributed by atoms with Crippen LogP contribution in [0.3, 0.4) is 0 Å². The van der Waals surface area contributed by atoms with Gasteiger partial charge in [-0.3, -0.25) is 0 Å². The summed E-state index contributed by atoms with van der Waals surface area (Å²) in [7, 11) is 1.74. The van der Waals surface area contributed by atoms with E-state index in [1.54, 1.807) is 42.5 Å². The highest BCUT2D eigenvalue weighted by Gasteiger charge is 2.11. The van der Waals surface area contributed by atoms with Crippen molar-refractivity contribution >= 4 is 23.3 Å². The third-order valence-corrected chi connectivity index (χ3v) is 4.04. The number of anilines is 1. The van der Waals surface area contributed by atoms with Crippen LogP contribution in [0.15, 0.2) is 71.3 Å². The van der Waals surface area contributed by atoms with Gasteiger partial charge in [0.15, 0.2) is 0 Å². The summed E-state index contributed by atoms with van der Waals surface area (Å²) in [5, 5.41) is 3.24. The Morgan fingerprint density at radius 1 is 1.15 bits per heavy atom. The first-order chi connectivity index (χ1) is 12.6. The zero-order valence-corrected chi connectivity index (χ0v) is 15.1. The van der Waals surface area contributed by atoms with Crippen LogP contribution in [0.5, 0.6) is 5.75 Å². The van der Waals surface area contributed by atoms with Gasteiger partial charge in [-0.25, -0.2) is 4.79 Å². The average Bonchev–Trinajstić information content (AvgIpc) is 3.15. The lowest BCUT2D eigenvalue weighted by molar-refractivity contribution is 0.220. The van der Waals surface area contributed by atoms with Gasteiger partial charge in [-0.2, -0.15) is 0 Å². The van der Waals surface area contributed by atoms with Crippen molar-refractivity contribution in [1.82, 2.24) is 4.90 Å². The van der Waals surface area contributed by atoms with E-state index >= 15 is 0 Å². The van der Waals surface area contributed by atoms with Crippen molar-refractivity contribution in [2.24, 2.45) is 0 Å². The van der Waals surface area contributed by atoms with Crippen molar-refractivity contribution in [2.45, 2.75) is 13.2 Å². The summed E-state index contributed by atoms with van der Waals surface area (Å²) in [6, 6.07) is 18.3. The molecule has 1 heterocycles. The van der Waals surface area contributed by atoms with Crippen molar-refractivity contribution in [1.29, 1.82) is 0 Å². The molecule has 0 aliphatic heterocycles. The van der Waals surface area contributed by atoms with Crippen molar-refractivity contribution in [3.63, 3.8) is 0 Å². The fourth-order valence-corrected chi connectivity index (χ4v) is 2.62. The molecule has 1 N–H and O–H groups in total. The lowest BCUT2D eigenvalue weighted by Gasteiger charge is -2.18. The first-order valence-electron chi connectivity index (χ1n) is 8.12. The Morgan fingerprint density at radius 2 is 1.96 bits per heavy atom. The molecule has 2 amide bonds. The summed E-state index contributed by atoms with van der Waals surface area (Å²) < 4.78 is 10.8. The molecule has 0 saturated heterocycles. The molecule has 0 saturated carbocycles. The normalized spacial score (nSPS) is 10.4. The SMILES string of the molecule is CN(Cc1ccccc1)C(=O)Nc1ccc(OCc2ccco2)c(Cl)c1. The Labute approximate surface area is 157 Å². The fourth-order valence-electron chi connectivity index (χ4n) is 2.39. The Morgan fingerprint density at radius 3 is 2.65 bits per heavy atom. The second kappa shape index (κ2) is 8.45. The van der Waals surface area contributed by atoms with Crippen LogP contribution in [-0.4, -0.2) is 18.0 Å². The number of halogens is 1. The Balaban J connectivity index is 1.57. The zero-order valence-electron chi connectivity index (χ0n) is 14.3. The third kappa shape index (κ3) is 4.80. The number of ether oxygens (including phenoxy) is 1. The second-order valence-corrected chi connectivity index (χ2v) is 6.19. The van der Waals surface area contributed by atoms with E-state index in [9.17, 15) is 4.79 Å². The maximum absolute atomic E-state index is 12.3. The summed E-state index contributed by atoms with van der Waals surface area (Å²) >= 11 is 6.24. The molecule has 134 valence electrons. The highest BCUT2D eigenvalue weighted by atomic mass is 35.5. The molecule has 2 aromatic carbocycles. The summed E-state index contributed by atoms with van der Waals surface area (Å²) in [6.07, 6.45) is 1.59. The number of hydrogen-bond acceptors (Lipinski definition) is 3. The molecule has 3 aromatic rings. The standard InChI is InChI=1S/C20H19ClN2O3/c1-23(13-15-6-3-2-4-7-15)20(24)22-16-9-10-19(18(21)12-16)26-14-17-8-5-11-25-17/h2-12H,13-14H2,1H3,(H,22,24). The lowest BCUT2D eigenvalue weighted by atomic mass is 10.2. The number of benzene rings is 2. The number of carbonyl (C=O) groups excluding carboxylic acids is 1. The predicted molar refractivity (Wildman–Crippen MR) is 101 cm³/mol. The largest absolute Gasteiger partial charge is 0.484 e. The summed E-state index contributed by atoms with van der Waals surface area (Å²) in [5.74, 6) is 1.24. The van der Waals surface area contributed by atoms with E-state index in [4.69, 9.17) is 20.8 Å². The van der Waals surface area contributed by atoms with Gasteiger partial charge >= 0.3 is 6.03 Å². The molecule has 0 spiro atoms. The van der Waals surface area contributed by atoms with Gasteiger partial charge in [0, 0.05) is 19.3 Å². The van der Waals surface area contributed by atoms with Crippen LogP contribution in [0.2, 0.25) is 5.02 Å². The van der Waals surface area contributed by atoms with E-state index in [-0.39, 0.29) is 12.6 Å². The number of furan rings is 1. The predicted octanol–water partition coefficient (Wildman–Crippen LogP) is 5.18. The lowest BCUT2D eigenvalue weighted by Crippen LogP contribution is -2.30. The molecule has 0 fully saturated rings. The molecule has 0 atom stereocenters. The van der Waals surface area contributed by atoms with E-state index in [0.29, 0.717) is 28.8 Å². The number of carbonyl (C=O) groups is 1. The van der Waals surface area contributed by atoms with Gasteiger partial charge in [0.05, 0.1) is 11.3 Å². The van der Waals surface area contributed by atoms with Gasteiger partial charge in [-0.05, 0) is 35.9 Å². The average molecular weight is 371 g/mol. The molecule has 0 unspecified atom stereocenters. The molecule has 3 rings (SSSR count). The summed E-state index contributed by atoms with van der Waals surface area (Å²) in [5.41, 5.74) is 1.66. The first kappa shape index (κ1) is 17.9. The highest BCUT2D eigenvalue weighted by Crippen LogP contribution is 2.28. The van der Waals surface area contributed by atoms with Gasteiger partial charge < -0.3 is 19.4 Å².